The first kappa shape index (κ1) is 18.4. The maximum Gasteiger partial charge on any atom is 0.340 e. The Labute approximate surface area is 142 Å². The van der Waals surface area contributed by atoms with Crippen molar-refractivity contribution in [2.24, 2.45) is 5.92 Å². The van der Waals surface area contributed by atoms with E-state index in [1.165, 1.54) is 7.11 Å². The van der Waals surface area contributed by atoms with Gasteiger partial charge in [-0.25, -0.2) is 4.79 Å². The summed E-state index contributed by atoms with van der Waals surface area (Å²) in [6, 6.07) is 3.41. The lowest BCUT2D eigenvalue weighted by Gasteiger charge is -2.36. The summed E-state index contributed by atoms with van der Waals surface area (Å²) in [4.78, 5) is 14.3. The first-order chi connectivity index (χ1) is 11.5. The average Bonchev–Trinajstić information content (AvgIpc) is 2.62. The van der Waals surface area contributed by atoms with Crippen molar-refractivity contribution >= 4 is 17.3 Å². The first-order valence-electron chi connectivity index (χ1n) is 7.92. The van der Waals surface area contributed by atoms with E-state index in [-0.39, 0.29) is 6.29 Å². The van der Waals surface area contributed by atoms with E-state index in [9.17, 15) is 4.79 Å². The molecule has 1 aliphatic rings. The van der Waals surface area contributed by atoms with Gasteiger partial charge < -0.3 is 29.6 Å². The molecule has 0 saturated carbocycles. The van der Waals surface area contributed by atoms with Crippen molar-refractivity contribution in [3.05, 3.63) is 17.7 Å². The molecule has 0 bridgehead atoms. The zero-order valence-electron chi connectivity index (χ0n) is 14.7. The molecule has 1 aromatic rings. The first-order valence-corrected chi connectivity index (χ1v) is 7.92. The number of nitrogen functional groups attached to an aromatic ring is 1. The van der Waals surface area contributed by atoms with Crippen molar-refractivity contribution in [2.45, 2.75) is 19.1 Å². The molecular weight excluding hydrogens is 312 g/mol. The molecule has 0 amide bonds. The van der Waals surface area contributed by atoms with Gasteiger partial charge in [-0.05, 0) is 18.9 Å². The number of nitrogens with two attached hydrogens (primary N) is 1. The molecule has 0 aromatic heterocycles. The Morgan fingerprint density at radius 3 is 2.29 bits per heavy atom. The van der Waals surface area contributed by atoms with Crippen LogP contribution in [0.5, 0.6) is 5.75 Å². The Morgan fingerprint density at radius 1 is 1.17 bits per heavy atom. The zero-order chi connectivity index (χ0) is 17.7. The molecule has 7 nitrogen and oxygen atoms in total. The summed E-state index contributed by atoms with van der Waals surface area (Å²) in [6.45, 7) is 1.57. The largest absolute Gasteiger partial charge is 0.495 e. The summed E-state index contributed by atoms with van der Waals surface area (Å²) in [5.41, 5.74) is 7.57. The predicted molar refractivity (Wildman–Crippen MR) is 91.5 cm³/mol. The molecule has 134 valence electrons. The minimum atomic E-state index is -0.409. The lowest BCUT2D eigenvalue weighted by molar-refractivity contribution is -0.141. The molecule has 2 N–H and O–H groups in total. The number of ether oxygens (including phenoxy) is 4. The summed E-state index contributed by atoms with van der Waals surface area (Å²) in [5.74, 6) is 0.466. The van der Waals surface area contributed by atoms with Crippen LogP contribution in [0.3, 0.4) is 0 Å². The zero-order valence-corrected chi connectivity index (χ0v) is 14.7. The Morgan fingerprint density at radius 2 is 1.79 bits per heavy atom. The molecule has 0 unspecified atom stereocenters. The third-order valence-corrected chi connectivity index (χ3v) is 4.48. The van der Waals surface area contributed by atoms with E-state index in [0.717, 1.165) is 31.6 Å². The molecule has 1 saturated heterocycles. The molecule has 0 atom stereocenters. The Balaban J connectivity index is 2.24. The Kier molecular flexibility index (Phi) is 6.28. The highest BCUT2D eigenvalue weighted by atomic mass is 16.7. The van der Waals surface area contributed by atoms with Gasteiger partial charge in [0.1, 0.15) is 5.75 Å². The quantitative estimate of drug-likeness (QED) is 0.482. The number of anilines is 2. The molecule has 0 spiro atoms. The molecule has 1 heterocycles. The van der Waals surface area contributed by atoms with Gasteiger partial charge in [0.15, 0.2) is 6.29 Å². The average molecular weight is 338 g/mol. The fourth-order valence-corrected chi connectivity index (χ4v) is 3.19. The van der Waals surface area contributed by atoms with Crippen LogP contribution in [0.15, 0.2) is 12.1 Å². The number of rotatable bonds is 6. The lowest BCUT2D eigenvalue weighted by atomic mass is 9.95. The van der Waals surface area contributed by atoms with E-state index in [0.29, 0.717) is 22.9 Å². The minimum absolute atomic E-state index is 0.201. The van der Waals surface area contributed by atoms with Gasteiger partial charge in [0.05, 0.1) is 31.2 Å². The van der Waals surface area contributed by atoms with Crippen LogP contribution in [-0.2, 0) is 14.2 Å². The van der Waals surface area contributed by atoms with Gasteiger partial charge in [-0.2, -0.15) is 0 Å². The predicted octanol–water partition coefficient (Wildman–Crippen LogP) is 1.90. The number of carbonyl (C=O) groups excluding carboxylic acids is 1. The Bertz CT molecular complexity index is 566. The van der Waals surface area contributed by atoms with Crippen molar-refractivity contribution in [3.8, 4) is 5.75 Å². The summed E-state index contributed by atoms with van der Waals surface area (Å²) in [7, 11) is 6.23. The van der Waals surface area contributed by atoms with E-state index < -0.39 is 5.97 Å². The van der Waals surface area contributed by atoms with Crippen LogP contribution < -0.4 is 15.4 Å². The standard InChI is InChI=1S/C17H26N2O5/c1-21-15-10-14(12(9-13(15)18)16(20)22-2)19-7-5-11(6-8-19)17(23-3)24-4/h9-11,17H,5-8,18H2,1-4H3. The minimum Gasteiger partial charge on any atom is -0.495 e. The van der Waals surface area contributed by atoms with Crippen molar-refractivity contribution in [3.63, 3.8) is 0 Å². The third-order valence-electron chi connectivity index (χ3n) is 4.48. The van der Waals surface area contributed by atoms with E-state index in [4.69, 9.17) is 24.7 Å². The Hall–Kier alpha value is -1.99. The smallest absolute Gasteiger partial charge is 0.340 e. The van der Waals surface area contributed by atoms with E-state index in [1.807, 2.05) is 0 Å². The maximum atomic E-state index is 12.1. The van der Waals surface area contributed by atoms with Gasteiger partial charge >= 0.3 is 5.97 Å². The van der Waals surface area contributed by atoms with Crippen LogP contribution >= 0.6 is 0 Å². The van der Waals surface area contributed by atoms with Gasteiger partial charge in [-0.1, -0.05) is 0 Å². The van der Waals surface area contributed by atoms with Crippen molar-refractivity contribution in [1.82, 2.24) is 0 Å². The summed E-state index contributed by atoms with van der Waals surface area (Å²) < 4.78 is 20.9. The van der Waals surface area contributed by atoms with Crippen molar-refractivity contribution < 1.29 is 23.7 Å². The number of piperidine rings is 1. The highest BCUT2D eigenvalue weighted by Gasteiger charge is 2.29. The molecule has 2 rings (SSSR count). The molecule has 1 fully saturated rings. The SMILES string of the molecule is COC(=O)c1cc(N)c(OC)cc1N1CCC(C(OC)OC)CC1. The van der Waals surface area contributed by atoms with Gasteiger partial charge in [-0.15, -0.1) is 0 Å². The number of methoxy groups -OCH3 is 4. The lowest BCUT2D eigenvalue weighted by Crippen LogP contribution is -2.39. The van der Waals surface area contributed by atoms with Crippen molar-refractivity contribution in [1.29, 1.82) is 0 Å². The molecule has 0 radical (unpaired) electrons. The van der Waals surface area contributed by atoms with Gasteiger partial charge in [0.2, 0.25) is 0 Å². The fraction of sp³-hybridized carbons (Fsp3) is 0.588. The number of hydrogen-bond acceptors (Lipinski definition) is 7. The van der Waals surface area contributed by atoms with Gasteiger partial charge in [0, 0.05) is 39.3 Å². The molecule has 7 heteroatoms. The second-order valence-corrected chi connectivity index (χ2v) is 5.77. The van der Waals surface area contributed by atoms with E-state index in [2.05, 4.69) is 4.90 Å². The van der Waals surface area contributed by atoms with Crippen LogP contribution in [0.25, 0.3) is 0 Å². The number of nitrogens with zero attached hydrogens (tertiary/aromatic N) is 1. The number of hydrogen-bond donors (Lipinski definition) is 1. The highest BCUT2D eigenvalue weighted by molar-refractivity contribution is 5.97. The van der Waals surface area contributed by atoms with Crippen LogP contribution in [0, 0.1) is 5.92 Å². The monoisotopic (exact) mass is 338 g/mol. The highest BCUT2D eigenvalue weighted by Crippen LogP contribution is 2.35. The molecule has 1 aromatic carbocycles. The van der Waals surface area contributed by atoms with Crippen LogP contribution in [0.2, 0.25) is 0 Å². The normalized spacial score (nSPS) is 15.6. The maximum absolute atomic E-state index is 12.1. The summed E-state index contributed by atoms with van der Waals surface area (Å²) >= 11 is 0. The van der Waals surface area contributed by atoms with Crippen LogP contribution in [0.1, 0.15) is 23.2 Å². The fourth-order valence-electron chi connectivity index (χ4n) is 3.19. The molecular formula is C17H26N2O5. The third kappa shape index (κ3) is 3.73. The second kappa shape index (κ2) is 8.21. The van der Waals surface area contributed by atoms with E-state index in [1.54, 1.807) is 33.5 Å². The number of esters is 1. The topological polar surface area (TPSA) is 83.2 Å². The number of benzene rings is 1. The van der Waals surface area contributed by atoms with Crippen molar-refractivity contribution in [2.75, 3.05) is 52.2 Å². The second-order valence-electron chi connectivity index (χ2n) is 5.77. The molecule has 1 aliphatic heterocycles. The van der Waals surface area contributed by atoms with Crippen LogP contribution in [-0.4, -0.2) is 53.8 Å². The van der Waals surface area contributed by atoms with E-state index >= 15 is 0 Å². The summed E-state index contributed by atoms with van der Waals surface area (Å²) in [6.07, 6.45) is 1.60. The van der Waals surface area contributed by atoms with Crippen LogP contribution in [0.4, 0.5) is 11.4 Å². The van der Waals surface area contributed by atoms with Gasteiger partial charge in [-0.3, -0.25) is 0 Å². The molecule has 0 aliphatic carbocycles. The van der Waals surface area contributed by atoms with Gasteiger partial charge in [0.25, 0.3) is 0 Å². The number of carbonyl (C=O) groups is 1. The molecule has 24 heavy (non-hydrogen) atoms. The summed E-state index contributed by atoms with van der Waals surface area (Å²) in [5, 5.41) is 0.